The Morgan fingerprint density at radius 2 is 1.69 bits per heavy atom. The summed E-state index contributed by atoms with van der Waals surface area (Å²) >= 11 is 0. The van der Waals surface area contributed by atoms with Crippen LogP contribution in [0.15, 0.2) is 18.2 Å². The van der Waals surface area contributed by atoms with E-state index in [1.165, 1.54) is 24.8 Å². The number of rotatable bonds is 0. The van der Waals surface area contributed by atoms with Gasteiger partial charge in [0.05, 0.1) is 0 Å². The Bertz CT molecular complexity index is 286. The van der Waals surface area contributed by atoms with Crippen LogP contribution in [0.25, 0.3) is 0 Å². The van der Waals surface area contributed by atoms with E-state index in [0.717, 1.165) is 5.92 Å². The molecule has 0 aromatic heterocycles. The van der Waals surface area contributed by atoms with Gasteiger partial charge in [-0.2, -0.15) is 0 Å². The van der Waals surface area contributed by atoms with Crippen molar-refractivity contribution in [3.05, 3.63) is 34.9 Å². The van der Waals surface area contributed by atoms with Crippen molar-refractivity contribution in [3.63, 3.8) is 0 Å². The Labute approximate surface area is 102 Å². The minimum Gasteiger partial charge on any atom is -0.0683 e. The van der Waals surface area contributed by atoms with Crippen molar-refractivity contribution in [2.24, 2.45) is 0 Å². The highest BCUT2D eigenvalue weighted by molar-refractivity contribution is 5.35. The Hall–Kier alpha value is -0.780. The van der Waals surface area contributed by atoms with E-state index >= 15 is 0 Å². The molecule has 0 saturated carbocycles. The molecule has 0 saturated heterocycles. The summed E-state index contributed by atoms with van der Waals surface area (Å²) in [7, 11) is 0. The summed E-state index contributed by atoms with van der Waals surface area (Å²) in [6.07, 6.45) is 4.04. The number of fused-ring (bicyclic) bond motifs is 1. The number of hydrogen-bond acceptors (Lipinski definition) is 0. The molecule has 1 aliphatic carbocycles. The minimum absolute atomic E-state index is 0.786. The summed E-state index contributed by atoms with van der Waals surface area (Å²) in [6, 6.07) is 6.90. The van der Waals surface area contributed by atoms with Crippen molar-refractivity contribution in [1.29, 1.82) is 0 Å². The number of benzene rings is 1. The largest absolute Gasteiger partial charge is 0.0683 e. The average Bonchev–Trinajstić information content (AvgIpc) is 2.35. The normalized spacial score (nSPS) is 17.2. The van der Waals surface area contributed by atoms with Gasteiger partial charge >= 0.3 is 0 Å². The lowest BCUT2D eigenvalue weighted by Crippen LogP contribution is -2.06. The van der Waals surface area contributed by atoms with Gasteiger partial charge in [0.1, 0.15) is 0 Å². The lowest BCUT2D eigenvalue weighted by atomic mass is 9.83. The quantitative estimate of drug-likeness (QED) is 0.542. The topological polar surface area (TPSA) is 0 Å². The van der Waals surface area contributed by atoms with Crippen molar-refractivity contribution >= 4 is 0 Å². The van der Waals surface area contributed by atoms with Gasteiger partial charge in [-0.25, -0.2) is 0 Å². The van der Waals surface area contributed by atoms with E-state index in [1.54, 1.807) is 11.1 Å². The smallest absolute Gasteiger partial charge is 0.0187 e. The molecule has 0 amide bonds. The molecule has 0 fully saturated rings. The minimum atomic E-state index is 0.786. The van der Waals surface area contributed by atoms with Crippen molar-refractivity contribution in [2.75, 3.05) is 0 Å². The second-order valence-corrected chi connectivity index (χ2v) is 4.00. The second kappa shape index (κ2) is 8.38. The van der Waals surface area contributed by atoms with Crippen LogP contribution >= 0.6 is 0 Å². The molecule has 0 heterocycles. The van der Waals surface area contributed by atoms with Crippen molar-refractivity contribution in [1.82, 2.24) is 0 Å². The van der Waals surface area contributed by atoms with Crippen LogP contribution in [0.3, 0.4) is 0 Å². The second-order valence-electron chi connectivity index (χ2n) is 4.00. The maximum atomic E-state index is 2.36. The van der Waals surface area contributed by atoms with Gasteiger partial charge in [-0.15, -0.1) is 0 Å². The van der Waals surface area contributed by atoms with Gasteiger partial charge in [0.25, 0.3) is 0 Å². The van der Waals surface area contributed by atoms with Crippen LogP contribution in [0.1, 0.15) is 70.1 Å². The SMILES string of the molecule is CC.CC.Cc1ccc2c(c1)C(C)CCC2. The van der Waals surface area contributed by atoms with Crippen LogP contribution in [0.2, 0.25) is 0 Å². The highest BCUT2D eigenvalue weighted by atomic mass is 14.2. The van der Waals surface area contributed by atoms with E-state index in [0.29, 0.717) is 0 Å². The number of aryl methyl sites for hydroxylation is 2. The first-order chi connectivity index (χ1) is 7.77. The van der Waals surface area contributed by atoms with E-state index in [1.807, 2.05) is 27.7 Å². The first-order valence-electron chi connectivity index (χ1n) is 6.87. The lowest BCUT2D eigenvalue weighted by Gasteiger charge is -2.22. The standard InChI is InChI=1S/C12H16.2C2H6/c1-9-6-7-11-5-3-4-10(2)12(11)8-9;2*1-2/h6-8,10H,3-5H2,1-2H3;2*1-2H3. The summed E-state index contributed by atoms with van der Waals surface area (Å²) in [4.78, 5) is 0. The van der Waals surface area contributed by atoms with E-state index in [-0.39, 0.29) is 0 Å². The molecule has 1 atom stereocenters. The van der Waals surface area contributed by atoms with Gasteiger partial charge in [-0.1, -0.05) is 58.4 Å². The van der Waals surface area contributed by atoms with Crippen molar-refractivity contribution in [3.8, 4) is 0 Å². The van der Waals surface area contributed by atoms with Gasteiger partial charge in [0.2, 0.25) is 0 Å². The molecular formula is C16H28. The zero-order valence-corrected chi connectivity index (χ0v) is 11.9. The molecule has 92 valence electrons. The summed E-state index contributed by atoms with van der Waals surface area (Å²) in [5, 5.41) is 0. The van der Waals surface area contributed by atoms with Gasteiger partial charge in [0, 0.05) is 0 Å². The Morgan fingerprint density at radius 1 is 1.06 bits per heavy atom. The van der Waals surface area contributed by atoms with Gasteiger partial charge < -0.3 is 0 Å². The molecule has 1 aromatic carbocycles. The van der Waals surface area contributed by atoms with Crippen LogP contribution in [0, 0.1) is 6.92 Å². The van der Waals surface area contributed by atoms with Crippen LogP contribution in [0.4, 0.5) is 0 Å². The van der Waals surface area contributed by atoms with Gasteiger partial charge in [-0.3, -0.25) is 0 Å². The third kappa shape index (κ3) is 4.00. The molecule has 16 heavy (non-hydrogen) atoms. The predicted octanol–water partition coefficient (Wildman–Crippen LogP) is 5.49. The fourth-order valence-electron chi connectivity index (χ4n) is 2.15. The highest BCUT2D eigenvalue weighted by Crippen LogP contribution is 2.31. The first kappa shape index (κ1) is 15.2. The maximum absolute atomic E-state index is 2.36. The molecule has 1 aliphatic rings. The molecule has 0 heteroatoms. The summed E-state index contributed by atoms with van der Waals surface area (Å²) < 4.78 is 0. The summed E-state index contributed by atoms with van der Waals surface area (Å²) in [6.45, 7) is 12.5. The molecule has 0 spiro atoms. The van der Waals surface area contributed by atoms with Crippen LogP contribution in [-0.2, 0) is 6.42 Å². The zero-order valence-electron chi connectivity index (χ0n) is 11.9. The summed E-state index contributed by atoms with van der Waals surface area (Å²) in [5.41, 5.74) is 4.59. The van der Waals surface area contributed by atoms with E-state index < -0.39 is 0 Å². The third-order valence-corrected chi connectivity index (χ3v) is 2.92. The lowest BCUT2D eigenvalue weighted by molar-refractivity contribution is 0.590. The van der Waals surface area contributed by atoms with Gasteiger partial charge in [-0.05, 0) is 43.2 Å². The monoisotopic (exact) mass is 220 g/mol. The van der Waals surface area contributed by atoms with Crippen LogP contribution < -0.4 is 0 Å². The molecular weight excluding hydrogens is 192 g/mol. The third-order valence-electron chi connectivity index (χ3n) is 2.92. The fraction of sp³-hybridized carbons (Fsp3) is 0.625. The highest BCUT2D eigenvalue weighted by Gasteiger charge is 2.15. The van der Waals surface area contributed by atoms with Gasteiger partial charge in [0.15, 0.2) is 0 Å². The predicted molar refractivity (Wildman–Crippen MR) is 75.2 cm³/mol. The Balaban J connectivity index is 0.000000509. The van der Waals surface area contributed by atoms with Crippen LogP contribution in [-0.4, -0.2) is 0 Å². The number of hydrogen-bond donors (Lipinski definition) is 0. The molecule has 0 N–H and O–H groups in total. The fourth-order valence-corrected chi connectivity index (χ4v) is 2.15. The van der Waals surface area contributed by atoms with Crippen molar-refractivity contribution in [2.45, 2.75) is 66.7 Å². The first-order valence-corrected chi connectivity index (χ1v) is 6.87. The molecule has 2 rings (SSSR count). The molecule has 0 nitrogen and oxygen atoms in total. The van der Waals surface area contributed by atoms with E-state index in [2.05, 4.69) is 32.0 Å². The summed E-state index contributed by atoms with van der Waals surface area (Å²) in [5.74, 6) is 0.786. The maximum Gasteiger partial charge on any atom is -0.0187 e. The average molecular weight is 220 g/mol. The molecule has 0 aliphatic heterocycles. The van der Waals surface area contributed by atoms with Crippen molar-refractivity contribution < 1.29 is 0 Å². The molecule has 0 radical (unpaired) electrons. The zero-order chi connectivity index (χ0) is 12.6. The molecule has 1 unspecified atom stereocenters. The Kier molecular flexibility index (Phi) is 7.97. The molecule has 1 aromatic rings. The van der Waals surface area contributed by atoms with Crippen LogP contribution in [0.5, 0.6) is 0 Å². The van der Waals surface area contributed by atoms with E-state index in [4.69, 9.17) is 0 Å². The molecule has 0 bridgehead atoms. The van der Waals surface area contributed by atoms with E-state index in [9.17, 15) is 0 Å². The Morgan fingerprint density at radius 3 is 2.31 bits per heavy atom.